The predicted molar refractivity (Wildman–Crippen MR) is 123 cm³/mol. The molecule has 3 aromatic heterocycles. The van der Waals surface area contributed by atoms with E-state index in [1.165, 1.54) is 6.07 Å². The Kier molecular flexibility index (Phi) is 7.08. The SMILES string of the molecule is C.CC[C@H]1C(=O)Nc2c(C)nc(NCc3cnn(Cc4ccnc(C(F)(F)F)c4)c3)nc2N1C. The minimum absolute atomic E-state index is 0. The fourth-order valence-electron chi connectivity index (χ4n) is 3.71. The zero-order valence-electron chi connectivity index (χ0n) is 18.3. The van der Waals surface area contributed by atoms with Gasteiger partial charge in [0.15, 0.2) is 5.82 Å². The van der Waals surface area contributed by atoms with Crippen molar-refractivity contribution in [3.8, 4) is 0 Å². The van der Waals surface area contributed by atoms with Crippen LogP contribution in [0.25, 0.3) is 0 Å². The molecule has 182 valence electrons. The lowest BCUT2D eigenvalue weighted by molar-refractivity contribution is -0.141. The number of hydrogen-bond acceptors (Lipinski definition) is 7. The second-order valence-corrected chi connectivity index (χ2v) is 7.80. The standard InChI is InChI=1S/C21H23F3N8O.CH4/c1-4-15-19(33)29-17-12(2)28-20(30-18(17)31(15)3)26-8-14-9-27-32(11-14)10-13-5-6-25-16(7-13)21(22,23)24;/h5-7,9,11,15H,4,8,10H2,1-3H3,(H,29,33)(H,26,28,30);1H4/t15-;/m0./s1. The number of halogens is 3. The Bertz CT molecular complexity index is 1180. The molecule has 0 bridgehead atoms. The van der Waals surface area contributed by atoms with Gasteiger partial charge in [-0.2, -0.15) is 23.3 Å². The van der Waals surface area contributed by atoms with Gasteiger partial charge in [0, 0.05) is 31.5 Å². The molecule has 12 heteroatoms. The maximum atomic E-state index is 12.9. The number of alkyl halides is 3. The lowest BCUT2D eigenvalue weighted by atomic mass is 10.1. The van der Waals surface area contributed by atoms with Crippen LogP contribution in [0, 0.1) is 6.92 Å². The summed E-state index contributed by atoms with van der Waals surface area (Å²) in [6, 6.07) is 2.24. The number of pyridine rings is 1. The van der Waals surface area contributed by atoms with E-state index in [1.807, 2.05) is 18.9 Å². The van der Waals surface area contributed by atoms with Crippen molar-refractivity contribution < 1.29 is 18.0 Å². The molecule has 3 aromatic rings. The summed E-state index contributed by atoms with van der Waals surface area (Å²) in [7, 11) is 1.83. The van der Waals surface area contributed by atoms with Crippen LogP contribution in [0.5, 0.6) is 0 Å². The summed E-state index contributed by atoms with van der Waals surface area (Å²) in [5.41, 5.74) is 1.57. The molecule has 1 aliphatic heterocycles. The molecule has 1 atom stereocenters. The first kappa shape index (κ1) is 24.9. The van der Waals surface area contributed by atoms with E-state index in [2.05, 4.69) is 30.7 Å². The van der Waals surface area contributed by atoms with Crippen molar-refractivity contribution >= 4 is 23.4 Å². The number of anilines is 3. The third-order valence-electron chi connectivity index (χ3n) is 5.41. The number of nitrogens with zero attached hydrogens (tertiary/aromatic N) is 6. The molecule has 0 saturated carbocycles. The summed E-state index contributed by atoms with van der Waals surface area (Å²) in [4.78, 5) is 26.5. The number of likely N-dealkylation sites (N-methyl/N-ethyl adjacent to an activating group) is 1. The number of amides is 1. The van der Waals surface area contributed by atoms with Crippen molar-refractivity contribution in [1.29, 1.82) is 0 Å². The summed E-state index contributed by atoms with van der Waals surface area (Å²) < 4.78 is 40.1. The summed E-state index contributed by atoms with van der Waals surface area (Å²) in [5.74, 6) is 0.968. The third-order valence-corrected chi connectivity index (χ3v) is 5.41. The number of carbonyl (C=O) groups excluding carboxylic acids is 1. The monoisotopic (exact) mass is 476 g/mol. The second kappa shape index (κ2) is 9.65. The minimum atomic E-state index is -4.49. The van der Waals surface area contributed by atoms with E-state index < -0.39 is 11.9 Å². The van der Waals surface area contributed by atoms with E-state index in [1.54, 1.807) is 24.0 Å². The average Bonchev–Trinajstić information content (AvgIpc) is 3.20. The van der Waals surface area contributed by atoms with Crippen LogP contribution in [0.15, 0.2) is 30.7 Å². The van der Waals surface area contributed by atoms with Crippen molar-refractivity contribution in [2.75, 3.05) is 22.6 Å². The maximum Gasteiger partial charge on any atom is 0.433 e. The smallest absolute Gasteiger partial charge is 0.350 e. The first-order valence-electron chi connectivity index (χ1n) is 10.4. The van der Waals surface area contributed by atoms with Gasteiger partial charge in [0.1, 0.15) is 17.4 Å². The lowest BCUT2D eigenvalue weighted by Gasteiger charge is -2.34. The topological polar surface area (TPSA) is 101 Å². The van der Waals surface area contributed by atoms with Crippen LogP contribution < -0.4 is 15.5 Å². The van der Waals surface area contributed by atoms with Gasteiger partial charge in [-0.25, -0.2) is 4.98 Å². The molecule has 0 aromatic carbocycles. The van der Waals surface area contributed by atoms with Gasteiger partial charge in [0.25, 0.3) is 0 Å². The molecule has 4 heterocycles. The number of rotatable bonds is 6. The molecule has 2 N–H and O–H groups in total. The van der Waals surface area contributed by atoms with Crippen molar-refractivity contribution in [1.82, 2.24) is 24.7 Å². The fraction of sp³-hybridized carbons (Fsp3) is 0.409. The van der Waals surface area contributed by atoms with Gasteiger partial charge < -0.3 is 15.5 Å². The number of fused-ring (bicyclic) bond motifs is 1. The highest BCUT2D eigenvalue weighted by Gasteiger charge is 2.33. The maximum absolute atomic E-state index is 12.9. The number of aromatic nitrogens is 5. The minimum Gasteiger partial charge on any atom is -0.350 e. The van der Waals surface area contributed by atoms with Gasteiger partial charge in [0.05, 0.1) is 18.4 Å². The molecule has 0 fully saturated rings. The average molecular weight is 477 g/mol. The molecule has 1 amide bonds. The summed E-state index contributed by atoms with van der Waals surface area (Å²) in [6.45, 7) is 4.29. The Labute approximate surface area is 195 Å². The van der Waals surface area contributed by atoms with Crippen LogP contribution in [0.1, 0.15) is 43.3 Å². The van der Waals surface area contributed by atoms with E-state index >= 15 is 0 Å². The van der Waals surface area contributed by atoms with Crippen molar-refractivity contribution in [2.45, 2.75) is 53.0 Å². The highest BCUT2D eigenvalue weighted by Crippen LogP contribution is 2.33. The van der Waals surface area contributed by atoms with Crippen LogP contribution in [0.2, 0.25) is 0 Å². The molecule has 4 rings (SSSR count). The van der Waals surface area contributed by atoms with Gasteiger partial charge in [-0.05, 0) is 31.0 Å². The normalized spacial score (nSPS) is 15.4. The Hall–Kier alpha value is -3.70. The first-order chi connectivity index (χ1) is 15.7. The predicted octanol–water partition coefficient (Wildman–Crippen LogP) is 3.86. The number of hydrogen-bond donors (Lipinski definition) is 2. The Morgan fingerprint density at radius 2 is 2.00 bits per heavy atom. The van der Waals surface area contributed by atoms with Gasteiger partial charge in [-0.3, -0.25) is 14.5 Å². The van der Waals surface area contributed by atoms with Crippen molar-refractivity contribution in [2.24, 2.45) is 0 Å². The zero-order valence-corrected chi connectivity index (χ0v) is 18.3. The Morgan fingerprint density at radius 3 is 2.71 bits per heavy atom. The summed E-state index contributed by atoms with van der Waals surface area (Å²) in [5, 5.41) is 10.3. The summed E-state index contributed by atoms with van der Waals surface area (Å²) >= 11 is 0. The van der Waals surface area contributed by atoms with Crippen molar-refractivity contribution in [3.63, 3.8) is 0 Å². The Balaban J connectivity index is 0.00000324. The highest BCUT2D eigenvalue weighted by atomic mass is 19.4. The fourth-order valence-corrected chi connectivity index (χ4v) is 3.71. The highest BCUT2D eigenvalue weighted by molar-refractivity contribution is 6.03. The third kappa shape index (κ3) is 5.10. The molecule has 0 radical (unpaired) electrons. The quantitative estimate of drug-likeness (QED) is 0.557. The van der Waals surface area contributed by atoms with E-state index in [-0.39, 0.29) is 25.9 Å². The van der Waals surface area contributed by atoms with Crippen molar-refractivity contribution in [3.05, 3.63) is 53.2 Å². The molecule has 0 unspecified atom stereocenters. The van der Waals surface area contributed by atoms with Gasteiger partial charge in [-0.1, -0.05) is 14.4 Å². The van der Waals surface area contributed by atoms with Crippen LogP contribution in [-0.4, -0.2) is 43.7 Å². The Morgan fingerprint density at radius 1 is 1.24 bits per heavy atom. The van der Waals surface area contributed by atoms with E-state index in [0.29, 0.717) is 41.7 Å². The van der Waals surface area contributed by atoms with E-state index in [9.17, 15) is 18.0 Å². The largest absolute Gasteiger partial charge is 0.433 e. The molecule has 34 heavy (non-hydrogen) atoms. The first-order valence-corrected chi connectivity index (χ1v) is 10.4. The molecular formula is C22H27F3N8O. The molecule has 9 nitrogen and oxygen atoms in total. The molecular weight excluding hydrogens is 449 g/mol. The lowest BCUT2D eigenvalue weighted by Crippen LogP contribution is -2.46. The summed E-state index contributed by atoms with van der Waals surface area (Å²) in [6.07, 6.45) is 0.669. The molecule has 0 spiro atoms. The second-order valence-electron chi connectivity index (χ2n) is 7.80. The van der Waals surface area contributed by atoms with E-state index in [0.717, 1.165) is 17.8 Å². The van der Waals surface area contributed by atoms with Crippen LogP contribution in [0.4, 0.5) is 30.6 Å². The van der Waals surface area contributed by atoms with E-state index in [4.69, 9.17) is 0 Å². The van der Waals surface area contributed by atoms with Gasteiger partial charge in [0.2, 0.25) is 11.9 Å². The van der Waals surface area contributed by atoms with Crippen LogP contribution >= 0.6 is 0 Å². The van der Waals surface area contributed by atoms with Gasteiger partial charge in [-0.15, -0.1) is 0 Å². The van der Waals surface area contributed by atoms with Gasteiger partial charge >= 0.3 is 6.18 Å². The molecule has 0 saturated heterocycles. The molecule has 0 aliphatic carbocycles. The number of aryl methyl sites for hydroxylation is 1. The molecule has 1 aliphatic rings. The number of carbonyl (C=O) groups is 1. The van der Waals surface area contributed by atoms with Crippen LogP contribution in [-0.2, 0) is 24.1 Å². The number of nitrogens with one attached hydrogen (secondary N) is 2. The van der Waals surface area contributed by atoms with Crippen LogP contribution in [0.3, 0.4) is 0 Å². The zero-order chi connectivity index (χ0) is 23.8.